The minimum atomic E-state index is 0.177. The number of nitrogens with one attached hydrogen (secondary N) is 1. The third kappa shape index (κ3) is 4.57. The van der Waals surface area contributed by atoms with Crippen molar-refractivity contribution in [2.45, 2.75) is 26.2 Å². The minimum Gasteiger partial charge on any atom is -0.279 e. The second-order valence-corrected chi connectivity index (χ2v) is 7.19. The molecule has 0 aromatic heterocycles. The van der Waals surface area contributed by atoms with Crippen LogP contribution in [0.1, 0.15) is 31.9 Å². The molecular weight excluding hydrogens is 304 g/mol. The Morgan fingerprint density at radius 2 is 1.48 bits per heavy atom. The summed E-state index contributed by atoms with van der Waals surface area (Å²) in [6, 6.07) is 27.2. The lowest BCUT2D eigenvalue weighted by Gasteiger charge is -2.19. The van der Waals surface area contributed by atoms with Gasteiger partial charge in [0.05, 0.1) is 11.9 Å². The molecule has 0 saturated heterocycles. The summed E-state index contributed by atoms with van der Waals surface area (Å²) < 4.78 is 0. The molecule has 0 bridgehead atoms. The van der Waals surface area contributed by atoms with Gasteiger partial charge in [0.1, 0.15) is 0 Å². The topological polar surface area (TPSA) is 24.4 Å². The van der Waals surface area contributed by atoms with E-state index in [0.717, 1.165) is 11.3 Å². The van der Waals surface area contributed by atoms with E-state index in [1.54, 1.807) is 0 Å². The fourth-order valence-electron chi connectivity index (χ4n) is 2.66. The van der Waals surface area contributed by atoms with Crippen molar-refractivity contribution < 1.29 is 0 Å². The standard InChI is InChI=1S/C23H24N2/c1-23(2,3)21-14-12-19(13-15-21)20-9-7-8-18(16-20)17-24-25-22-10-5-4-6-11-22/h4-17,25H,1-3H3. The summed E-state index contributed by atoms with van der Waals surface area (Å²) in [5.41, 5.74) is 9.04. The second kappa shape index (κ2) is 7.35. The van der Waals surface area contributed by atoms with Crippen LogP contribution in [0.5, 0.6) is 0 Å². The molecule has 0 unspecified atom stereocenters. The molecular formula is C23H24N2. The van der Waals surface area contributed by atoms with Gasteiger partial charge in [0.2, 0.25) is 0 Å². The zero-order valence-corrected chi connectivity index (χ0v) is 15.0. The molecule has 1 N–H and O–H groups in total. The van der Waals surface area contributed by atoms with Crippen molar-refractivity contribution in [3.8, 4) is 11.1 Å². The van der Waals surface area contributed by atoms with Gasteiger partial charge in [-0.25, -0.2) is 0 Å². The normalized spacial score (nSPS) is 11.6. The molecule has 0 fully saturated rings. The Bertz CT molecular complexity index is 841. The predicted molar refractivity (Wildman–Crippen MR) is 108 cm³/mol. The van der Waals surface area contributed by atoms with Gasteiger partial charge in [0, 0.05) is 0 Å². The van der Waals surface area contributed by atoms with E-state index in [2.05, 4.69) is 79.8 Å². The molecule has 0 atom stereocenters. The first-order valence-electron chi connectivity index (χ1n) is 8.57. The van der Waals surface area contributed by atoms with E-state index in [-0.39, 0.29) is 5.41 Å². The highest BCUT2D eigenvalue weighted by molar-refractivity contribution is 5.83. The SMILES string of the molecule is CC(C)(C)c1ccc(-c2cccc(C=NNc3ccccc3)c2)cc1. The number of rotatable bonds is 4. The van der Waals surface area contributed by atoms with E-state index in [4.69, 9.17) is 0 Å². The van der Waals surface area contributed by atoms with Crippen LogP contribution in [0.25, 0.3) is 11.1 Å². The molecule has 0 aliphatic rings. The van der Waals surface area contributed by atoms with E-state index >= 15 is 0 Å². The lowest BCUT2D eigenvalue weighted by Crippen LogP contribution is -2.10. The van der Waals surface area contributed by atoms with E-state index < -0.39 is 0 Å². The fraction of sp³-hybridized carbons (Fsp3) is 0.174. The zero-order valence-electron chi connectivity index (χ0n) is 15.0. The van der Waals surface area contributed by atoms with Crippen molar-refractivity contribution in [2.24, 2.45) is 5.10 Å². The van der Waals surface area contributed by atoms with E-state index in [9.17, 15) is 0 Å². The van der Waals surface area contributed by atoms with Gasteiger partial charge in [-0.1, -0.05) is 81.4 Å². The van der Waals surface area contributed by atoms with Crippen LogP contribution in [0.4, 0.5) is 5.69 Å². The average molecular weight is 328 g/mol. The van der Waals surface area contributed by atoms with E-state index in [1.807, 2.05) is 36.5 Å². The molecule has 25 heavy (non-hydrogen) atoms. The summed E-state index contributed by atoms with van der Waals surface area (Å²) >= 11 is 0. The first-order chi connectivity index (χ1) is 12.0. The number of hydrogen-bond acceptors (Lipinski definition) is 2. The summed E-state index contributed by atoms with van der Waals surface area (Å²) in [7, 11) is 0. The largest absolute Gasteiger partial charge is 0.279 e. The maximum absolute atomic E-state index is 4.32. The van der Waals surface area contributed by atoms with Gasteiger partial charge in [-0.3, -0.25) is 5.43 Å². The van der Waals surface area contributed by atoms with E-state index in [0.29, 0.717) is 0 Å². The van der Waals surface area contributed by atoms with Crippen LogP contribution in [0, 0.1) is 0 Å². The summed E-state index contributed by atoms with van der Waals surface area (Å²) in [4.78, 5) is 0. The third-order valence-electron chi connectivity index (χ3n) is 4.15. The lowest BCUT2D eigenvalue weighted by atomic mass is 9.86. The van der Waals surface area contributed by atoms with Crippen LogP contribution in [0.2, 0.25) is 0 Å². The first kappa shape index (κ1) is 17.0. The molecule has 0 radical (unpaired) electrons. The number of benzene rings is 3. The maximum Gasteiger partial charge on any atom is 0.0561 e. The van der Waals surface area contributed by atoms with Gasteiger partial charge < -0.3 is 0 Å². The Morgan fingerprint density at radius 1 is 0.760 bits per heavy atom. The van der Waals surface area contributed by atoms with Crippen LogP contribution >= 0.6 is 0 Å². The molecule has 0 aliphatic heterocycles. The summed E-state index contributed by atoms with van der Waals surface area (Å²) in [5, 5.41) is 4.32. The molecule has 0 heterocycles. The van der Waals surface area contributed by atoms with Gasteiger partial charge in [-0.05, 0) is 45.9 Å². The predicted octanol–water partition coefficient (Wildman–Crippen LogP) is 6.10. The van der Waals surface area contributed by atoms with Crippen LogP contribution < -0.4 is 5.43 Å². The molecule has 126 valence electrons. The van der Waals surface area contributed by atoms with E-state index in [1.165, 1.54) is 16.7 Å². The van der Waals surface area contributed by atoms with Crippen molar-refractivity contribution in [2.75, 3.05) is 5.43 Å². The Labute approximate surface area is 150 Å². The average Bonchev–Trinajstić information content (AvgIpc) is 2.62. The number of para-hydroxylation sites is 1. The summed E-state index contributed by atoms with van der Waals surface area (Å²) in [6.45, 7) is 6.70. The smallest absolute Gasteiger partial charge is 0.0561 e. The number of hydrazone groups is 1. The Hall–Kier alpha value is -2.87. The van der Waals surface area contributed by atoms with Gasteiger partial charge in [-0.2, -0.15) is 5.10 Å². The molecule has 2 nitrogen and oxygen atoms in total. The van der Waals surface area contributed by atoms with Gasteiger partial charge in [0.25, 0.3) is 0 Å². The monoisotopic (exact) mass is 328 g/mol. The molecule has 3 aromatic rings. The second-order valence-electron chi connectivity index (χ2n) is 7.19. The number of anilines is 1. The highest BCUT2D eigenvalue weighted by Gasteiger charge is 2.12. The minimum absolute atomic E-state index is 0.177. The van der Waals surface area contributed by atoms with Crippen molar-refractivity contribution in [1.29, 1.82) is 0 Å². The molecule has 3 aromatic carbocycles. The molecule has 0 amide bonds. The quantitative estimate of drug-likeness (QED) is 0.454. The van der Waals surface area contributed by atoms with Crippen LogP contribution in [0.3, 0.4) is 0 Å². The molecule has 0 aliphatic carbocycles. The number of nitrogens with zero attached hydrogens (tertiary/aromatic N) is 1. The summed E-state index contributed by atoms with van der Waals surface area (Å²) in [6.07, 6.45) is 1.85. The Morgan fingerprint density at radius 3 is 2.16 bits per heavy atom. The third-order valence-corrected chi connectivity index (χ3v) is 4.15. The molecule has 2 heteroatoms. The molecule has 3 rings (SSSR count). The van der Waals surface area contributed by atoms with Crippen molar-refractivity contribution in [3.05, 3.63) is 90.0 Å². The van der Waals surface area contributed by atoms with Gasteiger partial charge in [-0.15, -0.1) is 0 Å². The first-order valence-corrected chi connectivity index (χ1v) is 8.57. The highest BCUT2D eigenvalue weighted by atomic mass is 15.3. The van der Waals surface area contributed by atoms with Crippen LogP contribution in [-0.2, 0) is 5.41 Å². The number of hydrogen-bond donors (Lipinski definition) is 1. The zero-order chi connectivity index (χ0) is 17.7. The van der Waals surface area contributed by atoms with Crippen molar-refractivity contribution >= 4 is 11.9 Å². The highest BCUT2D eigenvalue weighted by Crippen LogP contribution is 2.26. The molecule has 0 spiro atoms. The Kier molecular flexibility index (Phi) is 4.99. The Balaban J connectivity index is 1.75. The van der Waals surface area contributed by atoms with Crippen LogP contribution in [-0.4, -0.2) is 6.21 Å². The summed E-state index contributed by atoms with van der Waals surface area (Å²) in [5.74, 6) is 0. The van der Waals surface area contributed by atoms with Crippen molar-refractivity contribution in [3.63, 3.8) is 0 Å². The van der Waals surface area contributed by atoms with Gasteiger partial charge >= 0.3 is 0 Å². The lowest BCUT2D eigenvalue weighted by molar-refractivity contribution is 0.590. The maximum atomic E-state index is 4.32. The van der Waals surface area contributed by atoms with Gasteiger partial charge in [0.15, 0.2) is 0 Å². The van der Waals surface area contributed by atoms with Crippen molar-refractivity contribution in [1.82, 2.24) is 0 Å². The fourth-order valence-corrected chi connectivity index (χ4v) is 2.66. The van der Waals surface area contributed by atoms with Crippen LogP contribution in [0.15, 0.2) is 84.0 Å². The molecule has 0 saturated carbocycles.